The molecule has 0 unspecified atom stereocenters. The van der Waals surface area contributed by atoms with Gasteiger partial charge in [0.05, 0.1) is 24.7 Å². The molecule has 0 bridgehead atoms. The molecule has 21 heavy (non-hydrogen) atoms. The average Bonchev–Trinajstić information content (AvgIpc) is 2.42. The number of benzene rings is 1. The molecular weight excluding hydrogens is 282 g/mol. The Bertz CT molecular complexity index is 568. The lowest BCUT2D eigenvalue weighted by Crippen LogP contribution is -2.06. The number of carbonyl (C=O) groups is 2. The average molecular weight is 297 g/mol. The van der Waals surface area contributed by atoms with E-state index in [0.717, 1.165) is 12.1 Å². The van der Waals surface area contributed by atoms with E-state index >= 15 is 0 Å². The Balaban J connectivity index is 3.02. The van der Waals surface area contributed by atoms with E-state index in [2.05, 4.69) is 0 Å². The van der Waals surface area contributed by atoms with Crippen molar-refractivity contribution < 1.29 is 29.1 Å². The minimum absolute atomic E-state index is 0.0118. The lowest BCUT2D eigenvalue weighted by Gasteiger charge is -2.11. The summed E-state index contributed by atoms with van der Waals surface area (Å²) in [6.45, 7) is 1.62. The summed E-state index contributed by atoms with van der Waals surface area (Å²) in [5, 5.41) is 19.9. The van der Waals surface area contributed by atoms with Crippen molar-refractivity contribution in [1.82, 2.24) is 0 Å². The summed E-state index contributed by atoms with van der Waals surface area (Å²) >= 11 is 0. The third-order valence-electron chi connectivity index (χ3n) is 2.64. The Morgan fingerprint density at radius 1 is 1.33 bits per heavy atom. The first-order valence-electron chi connectivity index (χ1n) is 6.08. The largest absolute Gasteiger partial charge is 0.493 e. The number of hydrogen-bond donors (Lipinski definition) is 1. The maximum Gasteiger partial charge on any atom is 0.342 e. The molecule has 0 radical (unpaired) electrons. The van der Waals surface area contributed by atoms with Gasteiger partial charge in [0.2, 0.25) is 0 Å². The van der Waals surface area contributed by atoms with Gasteiger partial charge in [-0.05, 0) is 13.3 Å². The molecule has 0 saturated heterocycles. The zero-order valence-corrected chi connectivity index (χ0v) is 11.6. The van der Waals surface area contributed by atoms with Crippen molar-refractivity contribution in [2.24, 2.45) is 0 Å². The van der Waals surface area contributed by atoms with Crippen LogP contribution in [0.5, 0.6) is 11.5 Å². The molecule has 8 nitrogen and oxygen atoms in total. The minimum atomic E-state index is -1.43. The number of nitro benzene ring substituents is 1. The van der Waals surface area contributed by atoms with Crippen LogP contribution in [0.4, 0.5) is 5.69 Å². The number of ketones is 1. The standard InChI is InChI=1S/C13H15NO7/c1-8(15)4-3-5-21-12-7-10(14(18)19)9(13(16)17)6-11(12)20-2/h6-7H,3-5H2,1-2H3,(H,16,17). The van der Waals surface area contributed by atoms with Gasteiger partial charge in [0.1, 0.15) is 11.3 Å². The van der Waals surface area contributed by atoms with Crippen LogP contribution in [0, 0.1) is 10.1 Å². The topological polar surface area (TPSA) is 116 Å². The molecule has 0 aliphatic carbocycles. The second-order valence-electron chi connectivity index (χ2n) is 4.24. The number of aromatic carboxylic acids is 1. The fraction of sp³-hybridized carbons (Fsp3) is 0.385. The van der Waals surface area contributed by atoms with Crippen LogP contribution in [0.3, 0.4) is 0 Å². The molecule has 8 heteroatoms. The number of carbonyl (C=O) groups excluding carboxylic acids is 1. The Hall–Kier alpha value is -2.64. The van der Waals surface area contributed by atoms with Gasteiger partial charge in [0.25, 0.3) is 5.69 Å². The van der Waals surface area contributed by atoms with Gasteiger partial charge in [-0.2, -0.15) is 0 Å². The van der Waals surface area contributed by atoms with E-state index in [-0.39, 0.29) is 23.9 Å². The highest BCUT2D eigenvalue weighted by atomic mass is 16.6. The van der Waals surface area contributed by atoms with Crippen LogP contribution in [-0.4, -0.2) is 35.5 Å². The van der Waals surface area contributed by atoms with Gasteiger partial charge in [-0.25, -0.2) is 4.79 Å². The number of nitro groups is 1. The van der Waals surface area contributed by atoms with Crippen LogP contribution in [0.1, 0.15) is 30.1 Å². The summed E-state index contributed by atoms with van der Waals surface area (Å²) in [6, 6.07) is 2.05. The van der Waals surface area contributed by atoms with Gasteiger partial charge < -0.3 is 19.4 Å². The number of nitrogens with zero attached hydrogens (tertiary/aromatic N) is 1. The molecule has 1 aromatic rings. The third-order valence-corrected chi connectivity index (χ3v) is 2.64. The molecule has 1 rings (SSSR count). The van der Waals surface area contributed by atoms with Crippen molar-refractivity contribution in [3.63, 3.8) is 0 Å². The lowest BCUT2D eigenvalue weighted by atomic mass is 10.1. The van der Waals surface area contributed by atoms with Gasteiger partial charge in [-0.1, -0.05) is 0 Å². The molecule has 0 fully saturated rings. The van der Waals surface area contributed by atoms with Gasteiger partial charge in [-0.3, -0.25) is 10.1 Å². The van der Waals surface area contributed by atoms with Gasteiger partial charge in [0, 0.05) is 12.5 Å². The Kier molecular flexibility index (Phi) is 5.65. The maximum absolute atomic E-state index is 11.0. The summed E-state index contributed by atoms with van der Waals surface area (Å²) in [6.07, 6.45) is 0.782. The maximum atomic E-state index is 11.0. The number of ether oxygens (including phenoxy) is 2. The first-order valence-corrected chi connectivity index (χ1v) is 6.08. The smallest absolute Gasteiger partial charge is 0.342 e. The van der Waals surface area contributed by atoms with E-state index in [1.54, 1.807) is 0 Å². The fourth-order valence-electron chi connectivity index (χ4n) is 1.65. The van der Waals surface area contributed by atoms with E-state index in [9.17, 15) is 19.7 Å². The van der Waals surface area contributed by atoms with Crippen LogP contribution >= 0.6 is 0 Å². The number of rotatable bonds is 8. The summed E-state index contributed by atoms with van der Waals surface area (Å²) in [5.41, 5.74) is -1.06. The second kappa shape index (κ2) is 7.22. The second-order valence-corrected chi connectivity index (χ2v) is 4.24. The van der Waals surface area contributed by atoms with Crippen LogP contribution < -0.4 is 9.47 Å². The Morgan fingerprint density at radius 3 is 2.48 bits per heavy atom. The van der Waals surface area contributed by atoms with Crippen LogP contribution in [0.15, 0.2) is 12.1 Å². The van der Waals surface area contributed by atoms with E-state index in [0.29, 0.717) is 12.8 Å². The number of carboxylic acid groups (broad SMARTS) is 1. The number of carboxylic acids is 1. The molecule has 1 aromatic carbocycles. The quantitative estimate of drug-likeness (QED) is 0.443. The molecule has 0 aromatic heterocycles. The zero-order valence-electron chi connectivity index (χ0n) is 11.6. The number of Topliss-reactive ketones (excluding diaryl/α,β-unsaturated/α-hetero) is 1. The first-order chi connectivity index (χ1) is 9.86. The van der Waals surface area contributed by atoms with Crippen molar-refractivity contribution in [2.45, 2.75) is 19.8 Å². The third kappa shape index (κ3) is 4.44. The first kappa shape index (κ1) is 16.4. The van der Waals surface area contributed by atoms with Gasteiger partial charge >= 0.3 is 5.97 Å². The molecule has 0 atom stereocenters. The summed E-state index contributed by atoms with van der Waals surface area (Å²) in [4.78, 5) is 31.9. The molecule has 1 N–H and O–H groups in total. The molecule has 0 aliphatic rings. The number of methoxy groups -OCH3 is 1. The van der Waals surface area contributed by atoms with Crippen molar-refractivity contribution >= 4 is 17.4 Å². The van der Waals surface area contributed by atoms with E-state index in [1.807, 2.05) is 0 Å². The van der Waals surface area contributed by atoms with Crippen molar-refractivity contribution in [2.75, 3.05) is 13.7 Å². The summed E-state index contributed by atoms with van der Waals surface area (Å²) in [5.74, 6) is -1.26. The minimum Gasteiger partial charge on any atom is -0.493 e. The predicted octanol–water partition coefficient (Wildman–Crippen LogP) is 2.05. The van der Waals surface area contributed by atoms with Crippen molar-refractivity contribution in [1.29, 1.82) is 0 Å². The molecule has 114 valence electrons. The molecule has 0 saturated carbocycles. The van der Waals surface area contributed by atoms with E-state index in [4.69, 9.17) is 14.6 Å². The normalized spacial score (nSPS) is 10.0. The SMILES string of the molecule is COc1cc(C(=O)O)c([N+](=O)[O-])cc1OCCCC(C)=O. The summed E-state index contributed by atoms with van der Waals surface area (Å²) in [7, 11) is 1.30. The lowest BCUT2D eigenvalue weighted by molar-refractivity contribution is -0.385. The highest BCUT2D eigenvalue weighted by Gasteiger charge is 2.24. The van der Waals surface area contributed by atoms with Crippen LogP contribution in [0.25, 0.3) is 0 Å². The predicted molar refractivity (Wildman–Crippen MR) is 72.0 cm³/mol. The molecule has 0 aliphatic heterocycles. The van der Waals surface area contributed by atoms with Gasteiger partial charge in [0.15, 0.2) is 11.5 Å². The van der Waals surface area contributed by atoms with Crippen molar-refractivity contribution in [3.8, 4) is 11.5 Å². The number of hydrogen-bond acceptors (Lipinski definition) is 6. The zero-order chi connectivity index (χ0) is 16.0. The summed E-state index contributed by atoms with van der Waals surface area (Å²) < 4.78 is 10.3. The van der Waals surface area contributed by atoms with Crippen molar-refractivity contribution in [3.05, 3.63) is 27.8 Å². The highest BCUT2D eigenvalue weighted by molar-refractivity contribution is 5.93. The Morgan fingerprint density at radius 2 is 2.00 bits per heavy atom. The van der Waals surface area contributed by atoms with E-state index < -0.39 is 22.1 Å². The Labute approximate surface area is 120 Å². The molecule has 0 amide bonds. The van der Waals surface area contributed by atoms with Crippen LogP contribution in [-0.2, 0) is 4.79 Å². The highest BCUT2D eigenvalue weighted by Crippen LogP contribution is 2.34. The molecule has 0 spiro atoms. The van der Waals surface area contributed by atoms with Gasteiger partial charge in [-0.15, -0.1) is 0 Å². The van der Waals surface area contributed by atoms with Crippen LogP contribution in [0.2, 0.25) is 0 Å². The van der Waals surface area contributed by atoms with E-state index in [1.165, 1.54) is 14.0 Å². The fourth-order valence-corrected chi connectivity index (χ4v) is 1.65. The monoisotopic (exact) mass is 297 g/mol. The molecular formula is C13H15NO7. The molecule has 0 heterocycles.